The molecular weight excluding hydrogens is 428 g/mol. The Labute approximate surface area is 199 Å². The summed E-state index contributed by atoms with van der Waals surface area (Å²) in [4.78, 5) is 28.7. The molecule has 0 saturated heterocycles. The first-order valence-electron chi connectivity index (χ1n) is 11.8. The van der Waals surface area contributed by atoms with Gasteiger partial charge in [0.25, 0.3) is 5.91 Å². The van der Waals surface area contributed by atoms with Crippen LogP contribution in [0, 0.1) is 6.92 Å². The number of fused-ring (bicyclic) bond motifs is 2. The van der Waals surface area contributed by atoms with E-state index in [1.165, 1.54) is 5.56 Å². The summed E-state index contributed by atoms with van der Waals surface area (Å²) in [6, 6.07) is 9.64. The molecule has 2 aromatic heterocycles. The average molecular weight is 459 g/mol. The highest BCUT2D eigenvalue weighted by Crippen LogP contribution is 2.57. The Hall–Kier alpha value is -3.52. The zero-order chi connectivity index (χ0) is 23.7. The van der Waals surface area contributed by atoms with E-state index in [1.54, 1.807) is 12.4 Å². The van der Waals surface area contributed by atoms with E-state index in [4.69, 9.17) is 10.5 Å². The summed E-state index contributed by atoms with van der Waals surface area (Å²) in [5.74, 6) is 0.527. The molecule has 2 aliphatic rings. The van der Waals surface area contributed by atoms with Crippen molar-refractivity contribution in [3.05, 3.63) is 59.5 Å². The van der Waals surface area contributed by atoms with E-state index >= 15 is 0 Å². The van der Waals surface area contributed by atoms with Crippen LogP contribution in [0.3, 0.4) is 0 Å². The maximum absolute atomic E-state index is 12.7. The normalized spacial score (nSPS) is 15.4. The van der Waals surface area contributed by atoms with Crippen molar-refractivity contribution in [3.8, 4) is 11.3 Å². The van der Waals surface area contributed by atoms with Crippen LogP contribution < -0.4 is 16.0 Å². The van der Waals surface area contributed by atoms with Gasteiger partial charge in [0.15, 0.2) is 0 Å². The van der Waals surface area contributed by atoms with Crippen LogP contribution in [-0.4, -0.2) is 47.2 Å². The number of aromatic nitrogens is 3. The fraction of sp³-hybridized carbons (Fsp3) is 0.385. The van der Waals surface area contributed by atoms with Gasteiger partial charge in [-0.2, -0.15) is 0 Å². The molecule has 0 unspecified atom stereocenters. The van der Waals surface area contributed by atoms with Gasteiger partial charge in [0, 0.05) is 65.7 Å². The summed E-state index contributed by atoms with van der Waals surface area (Å²) in [6.45, 7) is 6.52. The van der Waals surface area contributed by atoms with Crippen molar-refractivity contribution in [2.24, 2.45) is 0 Å². The number of aryl methyl sites for hydroxylation is 1. The Morgan fingerprint density at radius 3 is 2.68 bits per heavy atom. The van der Waals surface area contributed by atoms with Gasteiger partial charge in [-0.15, -0.1) is 0 Å². The third-order valence-corrected chi connectivity index (χ3v) is 6.47. The van der Waals surface area contributed by atoms with Crippen LogP contribution in [0.15, 0.2) is 42.7 Å². The van der Waals surface area contributed by atoms with E-state index in [-0.39, 0.29) is 11.3 Å². The van der Waals surface area contributed by atoms with E-state index in [0.29, 0.717) is 37.0 Å². The third-order valence-electron chi connectivity index (χ3n) is 6.47. The van der Waals surface area contributed by atoms with Crippen molar-refractivity contribution >= 4 is 23.2 Å². The minimum atomic E-state index is -0.0982. The standard InChI is InChI=1S/C26H30N6O2/c1-3-9-34-10-8-28-24(33)18-4-5-21-23(12-18)32(16-26(21)6-7-26)25-29-14-19(15-30-25)22-13-20(27)11-17(2)31-22/h4-5,11-15H,3,6-10,16H2,1-2H3,(H2,27,31)(H,28,33). The molecule has 1 saturated carbocycles. The molecule has 3 N–H and O–H groups in total. The van der Waals surface area contributed by atoms with Crippen LogP contribution in [0.4, 0.5) is 17.3 Å². The molecule has 1 aliphatic carbocycles. The molecule has 34 heavy (non-hydrogen) atoms. The fourth-order valence-corrected chi connectivity index (χ4v) is 4.60. The number of amides is 1. The summed E-state index contributed by atoms with van der Waals surface area (Å²) in [5.41, 5.74) is 12.1. The van der Waals surface area contributed by atoms with Gasteiger partial charge in [-0.05, 0) is 56.0 Å². The number of hydrogen-bond donors (Lipinski definition) is 2. The number of pyridine rings is 1. The monoisotopic (exact) mass is 458 g/mol. The molecule has 1 spiro atoms. The SMILES string of the molecule is CCCOCCNC(=O)c1ccc2c(c1)N(c1ncc(-c3cc(N)cc(C)n3)cn1)CC21CC1. The molecule has 8 nitrogen and oxygen atoms in total. The van der Waals surface area contributed by atoms with Gasteiger partial charge < -0.3 is 20.7 Å². The topological polar surface area (TPSA) is 106 Å². The first kappa shape index (κ1) is 22.3. The van der Waals surface area contributed by atoms with Crippen molar-refractivity contribution in [1.29, 1.82) is 0 Å². The highest BCUT2D eigenvalue weighted by atomic mass is 16.5. The first-order chi connectivity index (χ1) is 16.5. The molecule has 0 atom stereocenters. The van der Waals surface area contributed by atoms with Gasteiger partial charge in [0.05, 0.1) is 12.3 Å². The highest BCUT2D eigenvalue weighted by Gasteiger charge is 2.52. The summed E-state index contributed by atoms with van der Waals surface area (Å²) >= 11 is 0. The van der Waals surface area contributed by atoms with E-state index < -0.39 is 0 Å². The Kier molecular flexibility index (Phi) is 5.91. The second kappa shape index (κ2) is 9.02. The average Bonchev–Trinajstić information content (AvgIpc) is 3.54. The molecule has 8 heteroatoms. The van der Waals surface area contributed by atoms with Crippen LogP contribution in [0.1, 0.15) is 47.8 Å². The maximum Gasteiger partial charge on any atom is 0.251 e. The number of hydrogen-bond acceptors (Lipinski definition) is 7. The number of anilines is 3. The lowest BCUT2D eigenvalue weighted by Crippen LogP contribution is -2.27. The number of benzene rings is 1. The molecule has 3 aromatic rings. The zero-order valence-corrected chi connectivity index (χ0v) is 19.7. The van der Waals surface area contributed by atoms with Crippen LogP contribution in [-0.2, 0) is 10.2 Å². The van der Waals surface area contributed by atoms with Crippen molar-refractivity contribution in [3.63, 3.8) is 0 Å². The van der Waals surface area contributed by atoms with Crippen LogP contribution in [0.2, 0.25) is 0 Å². The number of nitrogens with zero attached hydrogens (tertiary/aromatic N) is 4. The molecule has 0 radical (unpaired) electrons. The molecule has 1 aromatic carbocycles. The van der Waals surface area contributed by atoms with Gasteiger partial charge >= 0.3 is 0 Å². The lowest BCUT2D eigenvalue weighted by atomic mass is 9.97. The summed E-state index contributed by atoms with van der Waals surface area (Å²) in [7, 11) is 0. The van der Waals surface area contributed by atoms with Gasteiger partial charge in [0.1, 0.15) is 0 Å². The molecule has 1 aliphatic heterocycles. The maximum atomic E-state index is 12.7. The van der Waals surface area contributed by atoms with Crippen LogP contribution in [0.25, 0.3) is 11.3 Å². The number of ether oxygens (including phenoxy) is 1. The fourth-order valence-electron chi connectivity index (χ4n) is 4.60. The van der Waals surface area contributed by atoms with Crippen LogP contribution in [0.5, 0.6) is 0 Å². The number of rotatable bonds is 8. The molecule has 1 amide bonds. The lowest BCUT2D eigenvalue weighted by Gasteiger charge is -2.18. The second-order valence-corrected chi connectivity index (χ2v) is 9.17. The molecule has 3 heterocycles. The second-order valence-electron chi connectivity index (χ2n) is 9.17. The van der Waals surface area contributed by atoms with Crippen LogP contribution >= 0.6 is 0 Å². The Balaban J connectivity index is 1.37. The molecule has 0 bridgehead atoms. The van der Waals surface area contributed by atoms with Crippen molar-refractivity contribution in [1.82, 2.24) is 20.3 Å². The number of nitrogens with two attached hydrogens (primary N) is 1. The summed E-state index contributed by atoms with van der Waals surface area (Å²) in [5, 5.41) is 2.94. The van der Waals surface area contributed by atoms with Gasteiger partial charge in [-0.25, -0.2) is 9.97 Å². The quantitative estimate of drug-likeness (QED) is 0.495. The minimum absolute atomic E-state index is 0.0982. The Bertz CT molecular complexity index is 1190. The zero-order valence-electron chi connectivity index (χ0n) is 19.7. The first-order valence-corrected chi connectivity index (χ1v) is 11.8. The molecule has 176 valence electrons. The van der Waals surface area contributed by atoms with Crippen molar-refractivity contribution < 1.29 is 9.53 Å². The summed E-state index contributed by atoms with van der Waals surface area (Å²) in [6.07, 6.45) is 6.82. The molecular formula is C26H30N6O2. The minimum Gasteiger partial charge on any atom is -0.399 e. The predicted molar refractivity (Wildman–Crippen MR) is 132 cm³/mol. The lowest BCUT2D eigenvalue weighted by molar-refractivity contribution is 0.0915. The number of nitrogen functional groups attached to an aromatic ring is 1. The predicted octanol–water partition coefficient (Wildman–Crippen LogP) is 3.77. The van der Waals surface area contributed by atoms with Crippen molar-refractivity contribution in [2.45, 2.75) is 38.5 Å². The van der Waals surface area contributed by atoms with Gasteiger partial charge in [0.2, 0.25) is 5.95 Å². The molecule has 1 fully saturated rings. The number of carbonyl (C=O) groups excluding carboxylic acids is 1. The van der Waals surface area contributed by atoms with E-state index in [9.17, 15) is 4.79 Å². The third kappa shape index (κ3) is 4.33. The van der Waals surface area contributed by atoms with E-state index in [1.807, 2.05) is 31.2 Å². The number of nitrogens with one attached hydrogen (secondary N) is 1. The van der Waals surface area contributed by atoms with E-state index in [2.05, 4.69) is 38.2 Å². The van der Waals surface area contributed by atoms with E-state index in [0.717, 1.165) is 48.4 Å². The Morgan fingerprint density at radius 2 is 1.97 bits per heavy atom. The Morgan fingerprint density at radius 1 is 1.18 bits per heavy atom. The van der Waals surface area contributed by atoms with Gasteiger partial charge in [-0.3, -0.25) is 9.78 Å². The van der Waals surface area contributed by atoms with Gasteiger partial charge in [-0.1, -0.05) is 13.0 Å². The number of carbonyl (C=O) groups is 1. The summed E-state index contributed by atoms with van der Waals surface area (Å²) < 4.78 is 5.46. The highest BCUT2D eigenvalue weighted by molar-refractivity contribution is 5.96. The van der Waals surface area contributed by atoms with Crippen molar-refractivity contribution in [2.75, 3.05) is 36.9 Å². The molecule has 5 rings (SSSR count). The smallest absolute Gasteiger partial charge is 0.251 e. The largest absolute Gasteiger partial charge is 0.399 e.